The van der Waals surface area contributed by atoms with Gasteiger partial charge < -0.3 is 9.73 Å². The first-order chi connectivity index (χ1) is 8.56. The van der Waals surface area contributed by atoms with E-state index in [1.54, 1.807) is 12.3 Å². The summed E-state index contributed by atoms with van der Waals surface area (Å²) in [6.45, 7) is 6.66. The molecule has 0 unspecified atom stereocenters. The zero-order valence-electron chi connectivity index (χ0n) is 10.8. The number of aromatic nitrogens is 1. The molecule has 1 aromatic heterocycles. The molecule has 96 valence electrons. The lowest BCUT2D eigenvalue weighted by Gasteiger charge is -2.04. The topological polar surface area (TPSA) is 38.1 Å². The zero-order chi connectivity index (χ0) is 13.1. The Kier molecular flexibility index (Phi) is 3.77. The third-order valence-corrected chi connectivity index (χ3v) is 2.66. The Bertz CT molecular complexity index is 534. The van der Waals surface area contributed by atoms with Gasteiger partial charge in [0.2, 0.25) is 5.89 Å². The van der Waals surface area contributed by atoms with Crippen LogP contribution in [0.15, 0.2) is 28.9 Å². The molecular formula is C14H17FN2O. The van der Waals surface area contributed by atoms with Crippen molar-refractivity contribution in [2.75, 3.05) is 0 Å². The van der Waals surface area contributed by atoms with E-state index in [0.29, 0.717) is 18.5 Å². The van der Waals surface area contributed by atoms with Gasteiger partial charge in [0, 0.05) is 18.2 Å². The second-order valence-corrected chi connectivity index (χ2v) is 4.64. The third-order valence-electron chi connectivity index (χ3n) is 2.66. The predicted molar refractivity (Wildman–Crippen MR) is 68.6 cm³/mol. The van der Waals surface area contributed by atoms with Crippen molar-refractivity contribution in [2.24, 2.45) is 0 Å². The lowest BCUT2D eigenvalue weighted by Crippen LogP contribution is -2.21. The van der Waals surface area contributed by atoms with Crippen molar-refractivity contribution < 1.29 is 8.81 Å². The average Bonchev–Trinajstić information content (AvgIpc) is 2.75. The van der Waals surface area contributed by atoms with E-state index >= 15 is 0 Å². The zero-order valence-corrected chi connectivity index (χ0v) is 10.8. The fourth-order valence-corrected chi connectivity index (χ4v) is 1.69. The number of nitrogens with zero attached hydrogens (tertiary/aromatic N) is 1. The monoisotopic (exact) mass is 248 g/mol. The molecule has 0 aliphatic rings. The maximum atomic E-state index is 13.0. The molecule has 0 saturated carbocycles. The normalized spacial score (nSPS) is 11.2. The largest absolute Gasteiger partial charge is 0.444 e. The SMILES string of the molecule is Cc1cc(F)ccc1-c1nc(CNC(C)C)co1. The number of oxazole rings is 1. The predicted octanol–water partition coefficient (Wildman–Crippen LogP) is 3.29. The van der Waals surface area contributed by atoms with E-state index in [0.717, 1.165) is 16.8 Å². The number of aryl methyl sites for hydroxylation is 1. The Balaban J connectivity index is 2.18. The molecule has 0 spiro atoms. The van der Waals surface area contributed by atoms with Crippen LogP contribution < -0.4 is 5.32 Å². The van der Waals surface area contributed by atoms with Crippen LogP contribution in [-0.2, 0) is 6.54 Å². The Labute approximate surface area is 106 Å². The fraction of sp³-hybridized carbons (Fsp3) is 0.357. The van der Waals surface area contributed by atoms with Crippen molar-refractivity contribution in [2.45, 2.75) is 33.4 Å². The Morgan fingerprint density at radius 3 is 2.83 bits per heavy atom. The molecule has 18 heavy (non-hydrogen) atoms. The molecule has 0 amide bonds. The van der Waals surface area contributed by atoms with Gasteiger partial charge >= 0.3 is 0 Å². The van der Waals surface area contributed by atoms with Crippen LogP contribution >= 0.6 is 0 Å². The van der Waals surface area contributed by atoms with Crippen molar-refractivity contribution in [1.82, 2.24) is 10.3 Å². The van der Waals surface area contributed by atoms with Crippen LogP contribution in [0.3, 0.4) is 0 Å². The van der Waals surface area contributed by atoms with Crippen LogP contribution in [0.5, 0.6) is 0 Å². The van der Waals surface area contributed by atoms with Gasteiger partial charge in [-0.3, -0.25) is 0 Å². The molecule has 4 heteroatoms. The number of rotatable bonds is 4. The quantitative estimate of drug-likeness (QED) is 0.902. The first-order valence-electron chi connectivity index (χ1n) is 6.00. The highest BCUT2D eigenvalue weighted by Gasteiger charge is 2.10. The lowest BCUT2D eigenvalue weighted by molar-refractivity contribution is 0.559. The summed E-state index contributed by atoms with van der Waals surface area (Å²) in [4.78, 5) is 4.39. The standard InChI is InChI=1S/C14H17FN2O/c1-9(2)16-7-12-8-18-14(17-12)13-5-4-11(15)6-10(13)3/h4-6,8-9,16H,7H2,1-3H3. The van der Waals surface area contributed by atoms with E-state index in [9.17, 15) is 4.39 Å². The van der Waals surface area contributed by atoms with Crippen molar-refractivity contribution in [3.8, 4) is 11.5 Å². The molecule has 2 rings (SSSR count). The van der Waals surface area contributed by atoms with Gasteiger partial charge in [0.05, 0.1) is 5.69 Å². The average molecular weight is 248 g/mol. The lowest BCUT2D eigenvalue weighted by atomic mass is 10.1. The third kappa shape index (κ3) is 2.96. The smallest absolute Gasteiger partial charge is 0.226 e. The molecule has 1 aromatic carbocycles. The second-order valence-electron chi connectivity index (χ2n) is 4.64. The van der Waals surface area contributed by atoms with Crippen LogP contribution in [0.2, 0.25) is 0 Å². The summed E-state index contributed by atoms with van der Waals surface area (Å²) in [7, 11) is 0. The first-order valence-corrected chi connectivity index (χ1v) is 6.00. The van der Waals surface area contributed by atoms with E-state index in [1.165, 1.54) is 12.1 Å². The van der Waals surface area contributed by atoms with Crippen LogP contribution in [0.25, 0.3) is 11.5 Å². The Hall–Kier alpha value is -1.68. The maximum Gasteiger partial charge on any atom is 0.226 e. The number of hydrogen-bond acceptors (Lipinski definition) is 3. The minimum Gasteiger partial charge on any atom is -0.444 e. The molecule has 2 aromatic rings. The van der Waals surface area contributed by atoms with E-state index in [-0.39, 0.29) is 5.82 Å². The molecule has 0 fully saturated rings. The highest BCUT2D eigenvalue weighted by atomic mass is 19.1. The van der Waals surface area contributed by atoms with Crippen molar-refractivity contribution in [3.05, 3.63) is 41.5 Å². The van der Waals surface area contributed by atoms with Crippen molar-refractivity contribution in [3.63, 3.8) is 0 Å². The molecule has 0 atom stereocenters. The minimum atomic E-state index is -0.246. The summed E-state index contributed by atoms with van der Waals surface area (Å²) in [5.74, 6) is 0.289. The molecule has 0 saturated heterocycles. The highest BCUT2D eigenvalue weighted by molar-refractivity contribution is 5.58. The first kappa shape index (κ1) is 12.8. The van der Waals surface area contributed by atoms with Crippen LogP contribution in [0, 0.1) is 12.7 Å². The van der Waals surface area contributed by atoms with E-state index in [2.05, 4.69) is 24.1 Å². The van der Waals surface area contributed by atoms with E-state index < -0.39 is 0 Å². The fourth-order valence-electron chi connectivity index (χ4n) is 1.69. The van der Waals surface area contributed by atoms with Crippen LogP contribution in [0.4, 0.5) is 4.39 Å². The number of benzene rings is 1. The van der Waals surface area contributed by atoms with Crippen molar-refractivity contribution in [1.29, 1.82) is 0 Å². The summed E-state index contributed by atoms with van der Waals surface area (Å²) in [6.07, 6.45) is 1.63. The molecule has 0 bridgehead atoms. The summed E-state index contributed by atoms with van der Waals surface area (Å²) >= 11 is 0. The number of hydrogen-bond donors (Lipinski definition) is 1. The van der Waals surface area contributed by atoms with Crippen LogP contribution in [-0.4, -0.2) is 11.0 Å². The summed E-state index contributed by atoms with van der Waals surface area (Å²) in [5.41, 5.74) is 2.50. The van der Waals surface area contributed by atoms with Gasteiger partial charge in [0.15, 0.2) is 0 Å². The van der Waals surface area contributed by atoms with Gasteiger partial charge in [0.1, 0.15) is 12.1 Å². The maximum absolute atomic E-state index is 13.0. The summed E-state index contributed by atoms with van der Waals surface area (Å²) in [5, 5.41) is 3.27. The van der Waals surface area contributed by atoms with Crippen molar-refractivity contribution >= 4 is 0 Å². The number of halogens is 1. The molecule has 1 heterocycles. The van der Waals surface area contributed by atoms with E-state index in [1.807, 2.05) is 6.92 Å². The second kappa shape index (κ2) is 5.31. The van der Waals surface area contributed by atoms with Gasteiger partial charge in [-0.05, 0) is 30.7 Å². The van der Waals surface area contributed by atoms with Gasteiger partial charge in [-0.25, -0.2) is 9.37 Å². The van der Waals surface area contributed by atoms with Crippen LogP contribution in [0.1, 0.15) is 25.1 Å². The molecule has 0 radical (unpaired) electrons. The molecule has 1 N–H and O–H groups in total. The highest BCUT2D eigenvalue weighted by Crippen LogP contribution is 2.23. The minimum absolute atomic E-state index is 0.246. The van der Waals surface area contributed by atoms with Gasteiger partial charge in [-0.1, -0.05) is 13.8 Å². The molecular weight excluding hydrogens is 231 g/mol. The van der Waals surface area contributed by atoms with Gasteiger partial charge in [0.25, 0.3) is 0 Å². The molecule has 0 aliphatic carbocycles. The van der Waals surface area contributed by atoms with Gasteiger partial charge in [-0.2, -0.15) is 0 Å². The van der Waals surface area contributed by atoms with E-state index in [4.69, 9.17) is 4.42 Å². The Morgan fingerprint density at radius 2 is 2.17 bits per heavy atom. The van der Waals surface area contributed by atoms with Gasteiger partial charge in [-0.15, -0.1) is 0 Å². The number of nitrogens with one attached hydrogen (secondary N) is 1. The molecule has 3 nitrogen and oxygen atoms in total. The molecule has 0 aliphatic heterocycles. The summed E-state index contributed by atoms with van der Waals surface area (Å²) < 4.78 is 18.4. The summed E-state index contributed by atoms with van der Waals surface area (Å²) in [6, 6.07) is 4.98. The Morgan fingerprint density at radius 1 is 1.39 bits per heavy atom.